The maximum absolute atomic E-state index is 4.17. The molecular formula is C13H14Br2N2S. The van der Waals surface area contributed by atoms with Crippen LogP contribution < -0.4 is 5.32 Å². The lowest BCUT2D eigenvalue weighted by molar-refractivity contribution is 0.557. The number of aromatic nitrogens is 1. The Labute approximate surface area is 128 Å². The van der Waals surface area contributed by atoms with Crippen LogP contribution >= 0.6 is 43.2 Å². The van der Waals surface area contributed by atoms with Crippen LogP contribution in [0.3, 0.4) is 0 Å². The Kier molecular flexibility index (Phi) is 5.36. The van der Waals surface area contributed by atoms with E-state index in [0.29, 0.717) is 6.04 Å². The van der Waals surface area contributed by atoms with Gasteiger partial charge in [-0.25, -0.2) is 0 Å². The molecule has 1 atom stereocenters. The molecule has 0 saturated carbocycles. The molecule has 0 aliphatic carbocycles. The normalized spacial score (nSPS) is 12.6. The number of rotatable bonds is 5. The van der Waals surface area contributed by atoms with Crippen molar-refractivity contribution in [2.75, 3.05) is 6.54 Å². The van der Waals surface area contributed by atoms with Crippen LogP contribution in [-0.4, -0.2) is 11.5 Å². The van der Waals surface area contributed by atoms with E-state index in [1.165, 1.54) is 10.4 Å². The van der Waals surface area contributed by atoms with Crippen LogP contribution in [0.15, 0.2) is 38.9 Å². The van der Waals surface area contributed by atoms with Gasteiger partial charge in [0.25, 0.3) is 0 Å². The molecule has 2 rings (SSSR count). The van der Waals surface area contributed by atoms with Crippen molar-refractivity contribution in [1.29, 1.82) is 0 Å². The first-order valence-corrected chi connectivity index (χ1v) is 8.18. The number of hydrogen-bond acceptors (Lipinski definition) is 3. The third kappa shape index (κ3) is 3.63. The first kappa shape index (κ1) is 14.2. The highest BCUT2D eigenvalue weighted by molar-refractivity contribution is 9.13. The minimum absolute atomic E-state index is 0.340. The van der Waals surface area contributed by atoms with Crippen LogP contribution in [0.2, 0.25) is 0 Å². The number of hydrogen-bond donors (Lipinski definition) is 1. The summed E-state index contributed by atoms with van der Waals surface area (Å²) >= 11 is 8.87. The van der Waals surface area contributed by atoms with Gasteiger partial charge in [-0.05, 0) is 62.5 Å². The summed E-state index contributed by atoms with van der Waals surface area (Å²) in [6.45, 7) is 3.09. The number of likely N-dealkylation sites (N-methyl/N-ethyl adjacent to an activating group) is 1. The smallest absolute Gasteiger partial charge is 0.0843 e. The summed E-state index contributed by atoms with van der Waals surface area (Å²) in [6, 6.07) is 6.62. The van der Waals surface area contributed by atoms with E-state index in [1.54, 1.807) is 11.3 Å². The zero-order valence-corrected chi connectivity index (χ0v) is 14.0. The van der Waals surface area contributed by atoms with Gasteiger partial charge >= 0.3 is 0 Å². The lowest BCUT2D eigenvalue weighted by Crippen LogP contribution is -2.22. The van der Waals surface area contributed by atoms with Crippen molar-refractivity contribution in [2.45, 2.75) is 19.4 Å². The molecule has 1 unspecified atom stereocenters. The maximum atomic E-state index is 4.17. The zero-order valence-electron chi connectivity index (χ0n) is 9.99. The molecule has 2 aromatic heterocycles. The SMILES string of the molecule is CCNC(Cc1cccnc1)c1cc(Br)c(Br)s1. The van der Waals surface area contributed by atoms with Crippen molar-refractivity contribution in [3.63, 3.8) is 0 Å². The average molecular weight is 390 g/mol. The number of halogens is 2. The molecule has 2 nitrogen and oxygen atoms in total. The highest BCUT2D eigenvalue weighted by Crippen LogP contribution is 2.36. The fourth-order valence-corrected chi connectivity index (χ4v) is 3.97. The largest absolute Gasteiger partial charge is 0.309 e. The van der Waals surface area contributed by atoms with Crippen LogP contribution in [0.4, 0.5) is 0 Å². The van der Waals surface area contributed by atoms with Crippen molar-refractivity contribution in [3.8, 4) is 0 Å². The summed E-state index contributed by atoms with van der Waals surface area (Å²) in [5.74, 6) is 0. The molecule has 0 saturated heterocycles. The molecule has 1 N–H and O–H groups in total. The quantitative estimate of drug-likeness (QED) is 0.810. The Morgan fingerprint density at radius 2 is 2.28 bits per heavy atom. The third-order valence-electron chi connectivity index (χ3n) is 2.62. The van der Waals surface area contributed by atoms with Gasteiger partial charge in [-0.15, -0.1) is 11.3 Å². The predicted molar refractivity (Wildman–Crippen MR) is 84.1 cm³/mol. The Hall–Kier alpha value is -0.230. The highest BCUT2D eigenvalue weighted by atomic mass is 79.9. The first-order valence-electron chi connectivity index (χ1n) is 5.77. The molecule has 0 amide bonds. The molecule has 0 aliphatic rings. The van der Waals surface area contributed by atoms with E-state index in [1.807, 2.05) is 18.5 Å². The van der Waals surface area contributed by atoms with Crippen LogP contribution in [0.25, 0.3) is 0 Å². The molecule has 18 heavy (non-hydrogen) atoms. The van der Waals surface area contributed by atoms with E-state index >= 15 is 0 Å². The molecule has 0 fully saturated rings. The molecule has 96 valence electrons. The minimum atomic E-state index is 0.340. The Morgan fingerprint density at radius 1 is 1.44 bits per heavy atom. The molecule has 2 heterocycles. The lowest BCUT2D eigenvalue weighted by Gasteiger charge is -2.16. The predicted octanol–water partition coefficient (Wildman–Crippen LogP) is 4.56. The van der Waals surface area contributed by atoms with E-state index in [9.17, 15) is 0 Å². The fraction of sp³-hybridized carbons (Fsp3) is 0.308. The number of thiophene rings is 1. The molecule has 0 bridgehead atoms. The topological polar surface area (TPSA) is 24.9 Å². The Bertz CT molecular complexity index is 479. The van der Waals surface area contributed by atoms with Gasteiger partial charge in [-0.2, -0.15) is 0 Å². The van der Waals surface area contributed by atoms with Gasteiger partial charge in [0.15, 0.2) is 0 Å². The van der Waals surface area contributed by atoms with Crippen molar-refractivity contribution in [2.24, 2.45) is 0 Å². The van der Waals surface area contributed by atoms with E-state index in [4.69, 9.17) is 0 Å². The van der Waals surface area contributed by atoms with Gasteiger partial charge in [-0.1, -0.05) is 13.0 Å². The van der Waals surface area contributed by atoms with E-state index in [2.05, 4.69) is 61.2 Å². The number of nitrogens with zero attached hydrogens (tertiary/aromatic N) is 1. The zero-order chi connectivity index (χ0) is 13.0. The molecule has 0 aromatic carbocycles. The van der Waals surface area contributed by atoms with Crippen molar-refractivity contribution < 1.29 is 0 Å². The van der Waals surface area contributed by atoms with Crippen LogP contribution in [-0.2, 0) is 6.42 Å². The Morgan fingerprint density at radius 3 is 2.83 bits per heavy atom. The molecule has 0 radical (unpaired) electrons. The van der Waals surface area contributed by atoms with Gasteiger partial charge in [-0.3, -0.25) is 4.98 Å². The van der Waals surface area contributed by atoms with Crippen molar-refractivity contribution in [1.82, 2.24) is 10.3 Å². The molecule has 2 aromatic rings. The standard InChI is InChI=1S/C13H14Br2N2S/c1-2-17-11(6-9-4-3-5-16-8-9)12-7-10(14)13(15)18-12/h3-5,7-8,11,17H,2,6H2,1H3. The van der Waals surface area contributed by atoms with Gasteiger partial charge < -0.3 is 5.32 Å². The van der Waals surface area contributed by atoms with Gasteiger partial charge in [0.2, 0.25) is 0 Å². The second kappa shape index (κ2) is 6.80. The number of nitrogens with one attached hydrogen (secondary N) is 1. The Balaban J connectivity index is 2.18. The molecule has 0 spiro atoms. The molecule has 0 aliphatic heterocycles. The minimum Gasteiger partial charge on any atom is -0.309 e. The summed E-state index contributed by atoms with van der Waals surface area (Å²) in [5, 5.41) is 3.53. The van der Waals surface area contributed by atoms with E-state index in [0.717, 1.165) is 21.2 Å². The van der Waals surface area contributed by atoms with E-state index < -0.39 is 0 Å². The van der Waals surface area contributed by atoms with Crippen molar-refractivity contribution in [3.05, 3.63) is 49.3 Å². The summed E-state index contributed by atoms with van der Waals surface area (Å²) in [7, 11) is 0. The fourth-order valence-electron chi connectivity index (χ4n) is 1.81. The number of pyridine rings is 1. The maximum Gasteiger partial charge on any atom is 0.0843 e. The lowest BCUT2D eigenvalue weighted by atomic mass is 10.1. The van der Waals surface area contributed by atoms with Gasteiger partial charge in [0, 0.05) is 27.8 Å². The summed E-state index contributed by atoms with van der Waals surface area (Å²) in [4.78, 5) is 5.50. The highest BCUT2D eigenvalue weighted by Gasteiger charge is 2.15. The second-order valence-electron chi connectivity index (χ2n) is 3.95. The summed E-state index contributed by atoms with van der Waals surface area (Å²) in [5.41, 5.74) is 1.25. The van der Waals surface area contributed by atoms with Crippen LogP contribution in [0, 0.1) is 0 Å². The average Bonchev–Trinajstić information content (AvgIpc) is 2.70. The first-order chi connectivity index (χ1) is 8.70. The van der Waals surface area contributed by atoms with E-state index in [-0.39, 0.29) is 0 Å². The van der Waals surface area contributed by atoms with Gasteiger partial charge in [0.05, 0.1) is 3.79 Å². The van der Waals surface area contributed by atoms with Crippen LogP contribution in [0.1, 0.15) is 23.4 Å². The summed E-state index contributed by atoms with van der Waals surface area (Å²) in [6.07, 6.45) is 4.70. The molecular weight excluding hydrogens is 376 g/mol. The second-order valence-corrected chi connectivity index (χ2v) is 7.20. The summed E-state index contributed by atoms with van der Waals surface area (Å²) < 4.78 is 2.27. The monoisotopic (exact) mass is 388 g/mol. The van der Waals surface area contributed by atoms with Crippen molar-refractivity contribution >= 4 is 43.2 Å². The van der Waals surface area contributed by atoms with Crippen LogP contribution in [0.5, 0.6) is 0 Å². The molecule has 5 heteroatoms. The van der Waals surface area contributed by atoms with Gasteiger partial charge in [0.1, 0.15) is 0 Å². The third-order valence-corrected chi connectivity index (χ3v) is 5.99.